The van der Waals surface area contributed by atoms with Gasteiger partial charge in [0, 0.05) is 25.2 Å². The van der Waals surface area contributed by atoms with E-state index in [9.17, 15) is 4.39 Å². The summed E-state index contributed by atoms with van der Waals surface area (Å²) in [7, 11) is 1.61. The molecule has 2 nitrogen and oxygen atoms in total. The Morgan fingerprint density at radius 1 is 1.35 bits per heavy atom. The van der Waals surface area contributed by atoms with Gasteiger partial charge in [-0.15, -0.1) is 0 Å². The van der Waals surface area contributed by atoms with Crippen molar-refractivity contribution in [3.63, 3.8) is 0 Å². The Morgan fingerprint density at radius 2 is 2.10 bits per heavy atom. The molecule has 0 aromatic heterocycles. The topological polar surface area (TPSA) is 12.5 Å². The fourth-order valence-electron chi connectivity index (χ4n) is 3.23. The quantitative estimate of drug-likeness (QED) is 0.827. The number of methoxy groups -OCH3 is 1. The van der Waals surface area contributed by atoms with Gasteiger partial charge in [-0.25, -0.2) is 4.39 Å². The summed E-state index contributed by atoms with van der Waals surface area (Å²) >= 11 is 0. The van der Waals surface area contributed by atoms with Gasteiger partial charge in [0.05, 0.1) is 7.11 Å². The predicted octanol–water partition coefficient (Wildman–Crippen LogP) is 3.95. The summed E-state index contributed by atoms with van der Waals surface area (Å²) in [6, 6.07) is 5.06. The highest BCUT2D eigenvalue weighted by molar-refractivity contribution is 5.34. The summed E-state index contributed by atoms with van der Waals surface area (Å²) < 4.78 is 19.3. The van der Waals surface area contributed by atoms with Crippen molar-refractivity contribution in [2.75, 3.05) is 20.2 Å². The van der Waals surface area contributed by atoms with Gasteiger partial charge in [0.2, 0.25) is 0 Å². The minimum absolute atomic E-state index is 0.163. The van der Waals surface area contributed by atoms with Gasteiger partial charge < -0.3 is 4.74 Å². The van der Waals surface area contributed by atoms with Crippen LogP contribution in [-0.2, 0) is 6.54 Å². The normalized spacial score (nSPS) is 24.1. The molecule has 0 radical (unpaired) electrons. The SMILES string of the molecule is COc1cccc(F)c1CN1CC(C)CC(C(C)C)C1. The van der Waals surface area contributed by atoms with Crippen molar-refractivity contribution in [3.8, 4) is 5.75 Å². The third-order valence-electron chi connectivity index (χ3n) is 4.39. The van der Waals surface area contributed by atoms with E-state index in [4.69, 9.17) is 4.74 Å². The Morgan fingerprint density at radius 3 is 2.75 bits per heavy atom. The molecule has 0 aliphatic carbocycles. The van der Waals surface area contributed by atoms with Crippen molar-refractivity contribution in [3.05, 3.63) is 29.6 Å². The standard InChI is InChI=1S/C17H26FNO/c1-12(2)14-8-13(3)9-19(10-14)11-15-16(18)6-5-7-17(15)20-4/h5-7,12-14H,8-11H2,1-4H3. The zero-order valence-electron chi connectivity index (χ0n) is 13.0. The lowest BCUT2D eigenvalue weighted by Gasteiger charge is -2.38. The molecule has 20 heavy (non-hydrogen) atoms. The third-order valence-corrected chi connectivity index (χ3v) is 4.39. The second kappa shape index (κ2) is 6.57. The summed E-state index contributed by atoms with van der Waals surface area (Å²) in [6.07, 6.45) is 1.28. The van der Waals surface area contributed by atoms with Crippen LogP contribution in [-0.4, -0.2) is 25.1 Å². The highest BCUT2D eigenvalue weighted by Crippen LogP contribution is 2.30. The second-order valence-corrected chi connectivity index (χ2v) is 6.46. The summed E-state index contributed by atoms with van der Waals surface area (Å²) in [6.45, 7) is 9.60. The molecule has 0 amide bonds. The molecule has 112 valence electrons. The number of rotatable bonds is 4. The van der Waals surface area contributed by atoms with Crippen molar-refractivity contribution in [2.45, 2.75) is 33.7 Å². The molecule has 2 unspecified atom stereocenters. The van der Waals surface area contributed by atoms with Gasteiger partial charge in [-0.3, -0.25) is 4.90 Å². The maximum Gasteiger partial charge on any atom is 0.131 e. The molecule has 1 saturated heterocycles. The van der Waals surface area contributed by atoms with Gasteiger partial charge >= 0.3 is 0 Å². The predicted molar refractivity (Wildman–Crippen MR) is 80.3 cm³/mol. The van der Waals surface area contributed by atoms with E-state index in [0.29, 0.717) is 35.6 Å². The molecule has 2 atom stereocenters. The monoisotopic (exact) mass is 279 g/mol. The smallest absolute Gasteiger partial charge is 0.131 e. The van der Waals surface area contributed by atoms with Crippen molar-refractivity contribution < 1.29 is 9.13 Å². The zero-order valence-corrected chi connectivity index (χ0v) is 13.0. The summed E-state index contributed by atoms with van der Waals surface area (Å²) in [4.78, 5) is 2.37. The maximum atomic E-state index is 14.0. The first-order valence-electron chi connectivity index (χ1n) is 7.55. The highest BCUT2D eigenvalue weighted by atomic mass is 19.1. The van der Waals surface area contributed by atoms with Crippen LogP contribution in [0.15, 0.2) is 18.2 Å². The van der Waals surface area contributed by atoms with Crippen LogP contribution in [0.5, 0.6) is 5.75 Å². The third kappa shape index (κ3) is 3.51. The lowest BCUT2D eigenvalue weighted by Crippen LogP contribution is -2.41. The molecular weight excluding hydrogens is 253 g/mol. The number of likely N-dealkylation sites (tertiary alicyclic amines) is 1. The minimum atomic E-state index is -0.163. The number of nitrogens with zero attached hydrogens (tertiary/aromatic N) is 1. The van der Waals surface area contributed by atoms with Crippen LogP contribution in [0.3, 0.4) is 0 Å². The first kappa shape index (κ1) is 15.3. The van der Waals surface area contributed by atoms with E-state index in [-0.39, 0.29) is 5.82 Å². The molecule has 1 aliphatic rings. The maximum absolute atomic E-state index is 14.0. The van der Waals surface area contributed by atoms with Crippen LogP contribution >= 0.6 is 0 Å². The Bertz CT molecular complexity index is 447. The van der Waals surface area contributed by atoms with Crippen molar-refractivity contribution in [1.29, 1.82) is 0 Å². The zero-order chi connectivity index (χ0) is 14.7. The van der Waals surface area contributed by atoms with Crippen molar-refractivity contribution >= 4 is 0 Å². The first-order chi connectivity index (χ1) is 9.51. The largest absolute Gasteiger partial charge is 0.496 e. The van der Waals surface area contributed by atoms with Crippen LogP contribution in [0, 0.1) is 23.6 Å². The number of hydrogen-bond donors (Lipinski definition) is 0. The summed E-state index contributed by atoms with van der Waals surface area (Å²) in [5, 5.41) is 0. The molecule has 0 saturated carbocycles. The molecule has 1 aliphatic heterocycles. The van der Waals surface area contributed by atoms with E-state index in [0.717, 1.165) is 13.1 Å². The Balaban J connectivity index is 2.13. The highest BCUT2D eigenvalue weighted by Gasteiger charge is 2.27. The van der Waals surface area contributed by atoms with Gasteiger partial charge in [0.15, 0.2) is 0 Å². The van der Waals surface area contributed by atoms with Crippen LogP contribution in [0.4, 0.5) is 4.39 Å². The molecular formula is C17H26FNO. The van der Waals surface area contributed by atoms with Crippen LogP contribution < -0.4 is 4.74 Å². The molecule has 0 bridgehead atoms. The molecule has 1 fully saturated rings. The first-order valence-corrected chi connectivity index (χ1v) is 7.55. The average molecular weight is 279 g/mol. The fourth-order valence-corrected chi connectivity index (χ4v) is 3.23. The van der Waals surface area contributed by atoms with E-state index in [1.54, 1.807) is 13.2 Å². The summed E-state index contributed by atoms with van der Waals surface area (Å²) in [5.41, 5.74) is 0.687. The number of ether oxygens (including phenoxy) is 1. The molecule has 1 aromatic rings. The van der Waals surface area contributed by atoms with E-state index < -0.39 is 0 Å². The number of hydrogen-bond acceptors (Lipinski definition) is 2. The van der Waals surface area contributed by atoms with E-state index >= 15 is 0 Å². The lowest BCUT2D eigenvalue weighted by atomic mass is 9.83. The summed E-state index contributed by atoms with van der Waals surface area (Å²) in [5.74, 6) is 2.56. The van der Waals surface area contributed by atoms with E-state index in [1.807, 2.05) is 6.07 Å². The molecule has 0 N–H and O–H groups in total. The Hall–Kier alpha value is -1.09. The number of halogens is 1. The number of benzene rings is 1. The van der Waals surface area contributed by atoms with Gasteiger partial charge in [0.1, 0.15) is 11.6 Å². The molecule has 1 aromatic carbocycles. The Labute approximate surface area is 121 Å². The van der Waals surface area contributed by atoms with E-state index in [1.165, 1.54) is 12.5 Å². The van der Waals surface area contributed by atoms with Crippen molar-refractivity contribution in [1.82, 2.24) is 4.90 Å². The van der Waals surface area contributed by atoms with E-state index in [2.05, 4.69) is 25.7 Å². The fraction of sp³-hybridized carbons (Fsp3) is 0.647. The van der Waals surface area contributed by atoms with Crippen molar-refractivity contribution in [2.24, 2.45) is 17.8 Å². The van der Waals surface area contributed by atoms with Crippen LogP contribution in [0.2, 0.25) is 0 Å². The van der Waals surface area contributed by atoms with Gasteiger partial charge in [0.25, 0.3) is 0 Å². The van der Waals surface area contributed by atoms with Gasteiger partial charge in [-0.05, 0) is 36.3 Å². The van der Waals surface area contributed by atoms with Gasteiger partial charge in [-0.1, -0.05) is 26.8 Å². The molecule has 1 heterocycles. The molecule has 3 heteroatoms. The van der Waals surface area contributed by atoms with Crippen LogP contribution in [0.25, 0.3) is 0 Å². The lowest BCUT2D eigenvalue weighted by molar-refractivity contribution is 0.0996. The van der Waals surface area contributed by atoms with Crippen LogP contribution in [0.1, 0.15) is 32.8 Å². The van der Waals surface area contributed by atoms with Gasteiger partial charge in [-0.2, -0.15) is 0 Å². The second-order valence-electron chi connectivity index (χ2n) is 6.46. The average Bonchev–Trinajstić information content (AvgIpc) is 2.40. The molecule has 0 spiro atoms. The minimum Gasteiger partial charge on any atom is -0.496 e. The number of piperidine rings is 1. The molecule has 2 rings (SSSR count). The Kier molecular flexibility index (Phi) is 5.03.